The second-order valence-corrected chi connectivity index (χ2v) is 6.34. The lowest BCUT2D eigenvalue weighted by Gasteiger charge is -2.58. The van der Waals surface area contributed by atoms with E-state index in [4.69, 9.17) is 0 Å². The largest absolute Gasteiger partial charge is 0.295 e. The van der Waals surface area contributed by atoms with Gasteiger partial charge in [-0.05, 0) is 57.8 Å². The Bertz CT molecular complexity index is 211. The standard InChI is InChI=1S/C14H27N/c1-11(2)13-5-7-14(8-6-13)9-10-15(14)12(3)4/h11-13H,5-10H2,1-4H3. The first-order chi connectivity index (χ1) is 7.05. The summed E-state index contributed by atoms with van der Waals surface area (Å²) in [5, 5.41) is 0. The van der Waals surface area contributed by atoms with Gasteiger partial charge in [0.1, 0.15) is 0 Å². The van der Waals surface area contributed by atoms with Crippen LogP contribution in [0, 0.1) is 11.8 Å². The molecule has 0 unspecified atom stereocenters. The molecule has 1 heterocycles. The summed E-state index contributed by atoms with van der Waals surface area (Å²) in [6.07, 6.45) is 7.35. The highest BCUT2D eigenvalue weighted by atomic mass is 15.3. The Morgan fingerprint density at radius 3 is 1.93 bits per heavy atom. The van der Waals surface area contributed by atoms with Crippen molar-refractivity contribution in [3.63, 3.8) is 0 Å². The van der Waals surface area contributed by atoms with Crippen molar-refractivity contribution < 1.29 is 0 Å². The molecule has 1 spiro atoms. The van der Waals surface area contributed by atoms with Crippen LogP contribution in [-0.2, 0) is 0 Å². The van der Waals surface area contributed by atoms with Crippen LogP contribution in [-0.4, -0.2) is 23.0 Å². The molecule has 88 valence electrons. The van der Waals surface area contributed by atoms with Crippen LogP contribution in [0.25, 0.3) is 0 Å². The van der Waals surface area contributed by atoms with Gasteiger partial charge in [-0.25, -0.2) is 0 Å². The average molecular weight is 209 g/mol. The van der Waals surface area contributed by atoms with Crippen molar-refractivity contribution in [2.75, 3.05) is 6.54 Å². The summed E-state index contributed by atoms with van der Waals surface area (Å²) >= 11 is 0. The summed E-state index contributed by atoms with van der Waals surface area (Å²) in [5.41, 5.74) is 0.638. The molecule has 0 amide bonds. The van der Waals surface area contributed by atoms with Gasteiger partial charge in [-0.3, -0.25) is 4.90 Å². The van der Waals surface area contributed by atoms with Gasteiger partial charge >= 0.3 is 0 Å². The molecule has 0 aromatic carbocycles. The number of nitrogens with zero attached hydrogens (tertiary/aromatic N) is 1. The predicted octanol–water partition coefficient (Wildman–Crippen LogP) is 3.69. The fraction of sp³-hybridized carbons (Fsp3) is 1.00. The lowest BCUT2D eigenvalue weighted by molar-refractivity contribution is -0.0752. The summed E-state index contributed by atoms with van der Waals surface area (Å²) in [5.74, 6) is 1.90. The van der Waals surface area contributed by atoms with Gasteiger partial charge in [-0.1, -0.05) is 13.8 Å². The van der Waals surface area contributed by atoms with Crippen molar-refractivity contribution in [1.82, 2.24) is 4.90 Å². The zero-order valence-electron chi connectivity index (χ0n) is 10.9. The minimum Gasteiger partial charge on any atom is -0.295 e. The van der Waals surface area contributed by atoms with Crippen molar-refractivity contribution in [2.45, 2.75) is 71.4 Å². The van der Waals surface area contributed by atoms with E-state index in [2.05, 4.69) is 32.6 Å². The van der Waals surface area contributed by atoms with E-state index in [0.29, 0.717) is 5.54 Å². The third kappa shape index (κ3) is 1.95. The second kappa shape index (κ2) is 4.08. The van der Waals surface area contributed by atoms with Crippen molar-refractivity contribution in [3.8, 4) is 0 Å². The van der Waals surface area contributed by atoms with Gasteiger partial charge in [0.15, 0.2) is 0 Å². The van der Waals surface area contributed by atoms with Crippen LogP contribution in [0.1, 0.15) is 59.8 Å². The molecular weight excluding hydrogens is 182 g/mol. The summed E-state index contributed by atoms with van der Waals surface area (Å²) in [7, 11) is 0. The number of likely N-dealkylation sites (tertiary alicyclic amines) is 1. The molecule has 0 bridgehead atoms. The van der Waals surface area contributed by atoms with E-state index in [1.54, 1.807) is 0 Å². The first-order valence-corrected chi connectivity index (χ1v) is 6.82. The van der Waals surface area contributed by atoms with E-state index in [9.17, 15) is 0 Å². The van der Waals surface area contributed by atoms with Crippen molar-refractivity contribution in [2.24, 2.45) is 11.8 Å². The van der Waals surface area contributed by atoms with Gasteiger partial charge in [-0.15, -0.1) is 0 Å². The molecule has 1 saturated heterocycles. The third-order valence-corrected chi connectivity index (χ3v) is 4.95. The first-order valence-electron chi connectivity index (χ1n) is 6.82. The molecular formula is C14H27N. The minimum atomic E-state index is 0.638. The highest BCUT2D eigenvalue weighted by molar-refractivity contribution is 5.03. The maximum Gasteiger partial charge on any atom is 0.0224 e. The molecule has 0 aromatic rings. The van der Waals surface area contributed by atoms with Crippen LogP contribution < -0.4 is 0 Å². The van der Waals surface area contributed by atoms with Gasteiger partial charge in [0, 0.05) is 18.1 Å². The average Bonchev–Trinajstić information content (AvgIpc) is 2.15. The molecule has 0 atom stereocenters. The molecule has 1 saturated carbocycles. The predicted molar refractivity (Wildman–Crippen MR) is 66.0 cm³/mol. The molecule has 0 aromatic heterocycles. The van der Waals surface area contributed by atoms with Crippen LogP contribution in [0.15, 0.2) is 0 Å². The molecule has 1 aliphatic carbocycles. The molecule has 2 rings (SSSR count). The zero-order valence-corrected chi connectivity index (χ0v) is 10.9. The Morgan fingerprint density at radius 2 is 1.60 bits per heavy atom. The number of hydrogen-bond acceptors (Lipinski definition) is 1. The van der Waals surface area contributed by atoms with Gasteiger partial charge < -0.3 is 0 Å². The lowest BCUT2D eigenvalue weighted by Crippen LogP contribution is -2.63. The molecule has 1 heteroatoms. The maximum absolute atomic E-state index is 2.75. The van der Waals surface area contributed by atoms with Gasteiger partial charge in [0.05, 0.1) is 0 Å². The van der Waals surface area contributed by atoms with E-state index in [1.165, 1.54) is 38.6 Å². The normalized spacial score (nSPS) is 37.6. The minimum absolute atomic E-state index is 0.638. The summed E-state index contributed by atoms with van der Waals surface area (Å²) < 4.78 is 0. The van der Waals surface area contributed by atoms with Crippen LogP contribution in [0.3, 0.4) is 0 Å². The van der Waals surface area contributed by atoms with E-state index < -0.39 is 0 Å². The number of hydrogen-bond donors (Lipinski definition) is 0. The second-order valence-electron chi connectivity index (χ2n) is 6.34. The molecule has 0 radical (unpaired) electrons. The van der Waals surface area contributed by atoms with Crippen LogP contribution in [0.4, 0.5) is 0 Å². The fourth-order valence-corrected chi connectivity index (χ4v) is 3.74. The van der Waals surface area contributed by atoms with E-state index in [1.807, 2.05) is 0 Å². The molecule has 2 fully saturated rings. The molecule has 15 heavy (non-hydrogen) atoms. The van der Waals surface area contributed by atoms with Crippen LogP contribution in [0.5, 0.6) is 0 Å². The smallest absolute Gasteiger partial charge is 0.0224 e. The van der Waals surface area contributed by atoms with Gasteiger partial charge in [0.25, 0.3) is 0 Å². The van der Waals surface area contributed by atoms with Crippen molar-refractivity contribution in [3.05, 3.63) is 0 Å². The van der Waals surface area contributed by atoms with Gasteiger partial charge in [-0.2, -0.15) is 0 Å². The Morgan fingerprint density at radius 1 is 1.00 bits per heavy atom. The summed E-state index contributed by atoms with van der Waals surface area (Å²) in [6.45, 7) is 10.8. The Kier molecular flexibility index (Phi) is 3.12. The van der Waals surface area contributed by atoms with E-state index >= 15 is 0 Å². The number of rotatable bonds is 2. The van der Waals surface area contributed by atoms with Crippen molar-refractivity contribution >= 4 is 0 Å². The first kappa shape index (κ1) is 11.4. The molecule has 1 aliphatic heterocycles. The molecule has 0 N–H and O–H groups in total. The highest BCUT2D eigenvalue weighted by Gasteiger charge is 2.47. The van der Waals surface area contributed by atoms with E-state index in [0.717, 1.165) is 17.9 Å². The highest BCUT2D eigenvalue weighted by Crippen LogP contribution is 2.47. The van der Waals surface area contributed by atoms with Crippen molar-refractivity contribution in [1.29, 1.82) is 0 Å². The monoisotopic (exact) mass is 209 g/mol. The van der Waals surface area contributed by atoms with E-state index in [-0.39, 0.29) is 0 Å². The third-order valence-electron chi connectivity index (χ3n) is 4.95. The summed E-state index contributed by atoms with van der Waals surface area (Å²) in [4.78, 5) is 2.75. The maximum atomic E-state index is 2.75. The SMILES string of the molecule is CC(C)C1CCC2(CC1)CCN2C(C)C. The lowest BCUT2D eigenvalue weighted by atomic mass is 9.67. The summed E-state index contributed by atoms with van der Waals surface area (Å²) in [6, 6.07) is 0.759. The fourth-order valence-electron chi connectivity index (χ4n) is 3.74. The topological polar surface area (TPSA) is 3.24 Å². The Balaban J connectivity index is 1.92. The molecule has 2 aliphatic rings. The van der Waals surface area contributed by atoms with Crippen LogP contribution in [0.2, 0.25) is 0 Å². The quantitative estimate of drug-likeness (QED) is 0.670. The zero-order chi connectivity index (χ0) is 11.1. The Labute approximate surface area is 95.2 Å². The molecule has 1 nitrogen and oxygen atoms in total. The van der Waals surface area contributed by atoms with Gasteiger partial charge in [0.2, 0.25) is 0 Å². The van der Waals surface area contributed by atoms with Crippen LogP contribution >= 0.6 is 0 Å². The Hall–Kier alpha value is -0.0400.